The number of hydrogen-bond acceptors (Lipinski definition) is 5. The SMILES string of the molecule is Nc1c(NCC2CCCC2O)nc[nH]c1=O. The summed E-state index contributed by atoms with van der Waals surface area (Å²) in [6, 6.07) is 0. The Labute approximate surface area is 92.9 Å². The van der Waals surface area contributed by atoms with E-state index >= 15 is 0 Å². The molecule has 1 aromatic heterocycles. The second-order valence-corrected chi connectivity index (χ2v) is 4.13. The smallest absolute Gasteiger partial charge is 0.276 e. The van der Waals surface area contributed by atoms with E-state index in [0.717, 1.165) is 19.3 Å². The van der Waals surface area contributed by atoms with Gasteiger partial charge in [-0.05, 0) is 12.8 Å². The Balaban J connectivity index is 1.99. The Morgan fingerprint density at radius 1 is 1.62 bits per heavy atom. The fourth-order valence-corrected chi connectivity index (χ4v) is 2.03. The highest BCUT2D eigenvalue weighted by Crippen LogP contribution is 2.25. The third kappa shape index (κ3) is 2.16. The Morgan fingerprint density at radius 2 is 2.44 bits per heavy atom. The molecule has 1 aromatic rings. The molecule has 6 heteroatoms. The van der Waals surface area contributed by atoms with Gasteiger partial charge in [0.25, 0.3) is 5.56 Å². The van der Waals surface area contributed by atoms with Crippen LogP contribution in [0.3, 0.4) is 0 Å². The Kier molecular flexibility index (Phi) is 3.09. The van der Waals surface area contributed by atoms with Crippen molar-refractivity contribution in [3.8, 4) is 0 Å². The molecule has 6 nitrogen and oxygen atoms in total. The maximum absolute atomic E-state index is 11.2. The van der Waals surface area contributed by atoms with E-state index in [1.165, 1.54) is 6.33 Å². The first-order valence-electron chi connectivity index (χ1n) is 5.43. The normalized spacial score (nSPS) is 24.6. The van der Waals surface area contributed by atoms with Crippen LogP contribution < -0.4 is 16.6 Å². The van der Waals surface area contributed by atoms with Gasteiger partial charge in [-0.1, -0.05) is 6.42 Å². The van der Waals surface area contributed by atoms with E-state index in [4.69, 9.17) is 5.73 Å². The largest absolute Gasteiger partial charge is 0.393 e. The molecule has 0 spiro atoms. The van der Waals surface area contributed by atoms with Crippen molar-refractivity contribution in [3.63, 3.8) is 0 Å². The molecule has 2 rings (SSSR count). The van der Waals surface area contributed by atoms with Gasteiger partial charge in [0.05, 0.1) is 12.4 Å². The van der Waals surface area contributed by atoms with Gasteiger partial charge in [0.2, 0.25) is 0 Å². The summed E-state index contributed by atoms with van der Waals surface area (Å²) in [4.78, 5) is 17.5. The first-order valence-corrected chi connectivity index (χ1v) is 5.43. The van der Waals surface area contributed by atoms with Crippen molar-refractivity contribution in [1.29, 1.82) is 0 Å². The highest BCUT2D eigenvalue weighted by atomic mass is 16.3. The summed E-state index contributed by atoms with van der Waals surface area (Å²) in [6.45, 7) is 0.599. The summed E-state index contributed by atoms with van der Waals surface area (Å²) in [5.41, 5.74) is 5.32. The van der Waals surface area contributed by atoms with Crippen molar-refractivity contribution in [2.45, 2.75) is 25.4 Å². The van der Waals surface area contributed by atoms with Crippen LogP contribution in [0.2, 0.25) is 0 Å². The van der Waals surface area contributed by atoms with Crippen LogP contribution in [0.1, 0.15) is 19.3 Å². The summed E-state index contributed by atoms with van der Waals surface area (Å²) in [5, 5.41) is 12.6. The van der Waals surface area contributed by atoms with Crippen LogP contribution >= 0.6 is 0 Å². The van der Waals surface area contributed by atoms with E-state index in [2.05, 4.69) is 15.3 Å². The zero-order valence-electron chi connectivity index (χ0n) is 8.94. The number of aliphatic hydroxyl groups is 1. The molecule has 0 aliphatic heterocycles. The highest BCUT2D eigenvalue weighted by molar-refractivity contribution is 5.58. The maximum Gasteiger partial charge on any atom is 0.276 e. The Hall–Kier alpha value is -1.56. The first kappa shape index (κ1) is 10.9. The topological polar surface area (TPSA) is 104 Å². The number of hydrogen-bond donors (Lipinski definition) is 4. The predicted molar refractivity (Wildman–Crippen MR) is 61.1 cm³/mol. The molecule has 1 aliphatic rings. The number of nitrogens with zero attached hydrogens (tertiary/aromatic N) is 1. The maximum atomic E-state index is 11.2. The average molecular weight is 224 g/mol. The molecule has 1 fully saturated rings. The summed E-state index contributed by atoms with van der Waals surface area (Å²) in [5.74, 6) is 0.614. The van der Waals surface area contributed by atoms with E-state index in [1.807, 2.05) is 0 Å². The molecule has 88 valence electrons. The molecule has 0 saturated heterocycles. The molecule has 1 heterocycles. The molecular weight excluding hydrogens is 208 g/mol. The second-order valence-electron chi connectivity index (χ2n) is 4.13. The predicted octanol–water partition coefficient (Wildman–Crippen LogP) is -0.0750. The molecule has 1 saturated carbocycles. The van der Waals surface area contributed by atoms with E-state index in [0.29, 0.717) is 12.4 Å². The van der Waals surface area contributed by atoms with Crippen molar-refractivity contribution in [1.82, 2.24) is 9.97 Å². The van der Waals surface area contributed by atoms with Crippen molar-refractivity contribution >= 4 is 11.5 Å². The molecule has 0 aromatic carbocycles. The van der Waals surface area contributed by atoms with E-state index < -0.39 is 0 Å². The molecule has 2 unspecified atom stereocenters. The van der Waals surface area contributed by atoms with Crippen molar-refractivity contribution < 1.29 is 5.11 Å². The van der Waals surface area contributed by atoms with Crippen LogP contribution in [-0.4, -0.2) is 27.7 Å². The number of nitrogens with one attached hydrogen (secondary N) is 2. The average Bonchev–Trinajstić information content (AvgIpc) is 2.67. The zero-order chi connectivity index (χ0) is 11.5. The third-order valence-electron chi connectivity index (χ3n) is 3.04. The summed E-state index contributed by atoms with van der Waals surface area (Å²) < 4.78 is 0. The van der Waals surface area contributed by atoms with Crippen LogP contribution in [0.15, 0.2) is 11.1 Å². The lowest BCUT2D eigenvalue weighted by atomic mass is 10.1. The van der Waals surface area contributed by atoms with E-state index in [1.54, 1.807) is 0 Å². The van der Waals surface area contributed by atoms with Gasteiger partial charge in [0, 0.05) is 12.5 Å². The number of rotatable bonds is 3. The third-order valence-corrected chi connectivity index (χ3v) is 3.04. The number of H-pyrrole nitrogens is 1. The van der Waals surface area contributed by atoms with Gasteiger partial charge in [-0.25, -0.2) is 4.98 Å². The minimum atomic E-state index is -0.343. The highest BCUT2D eigenvalue weighted by Gasteiger charge is 2.25. The minimum Gasteiger partial charge on any atom is -0.393 e. The molecule has 5 N–H and O–H groups in total. The molecule has 1 aliphatic carbocycles. The quantitative estimate of drug-likeness (QED) is 0.575. The number of anilines is 2. The van der Waals surface area contributed by atoms with Gasteiger partial charge in [-0.2, -0.15) is 0 Å². The molecule has 2 atom stereocenters. The van der Waals surface area contributed by atoms with Gasteiger partial charge in [0.1, 0.15) is 5.69 Å². The Bertz CT molecular complexity index is 418. The van der Waals surface area contributed by atoms with Gasteiger partial charge >= 0.3 is 0 Å². The van der Waals surface area contributed by atoms with Crippen LogP contribution in [0.4, 0.5) is 11.5 Å². The van der Waals surface area contributed by atoms with Gasteiger partial charge in [-0.3, -0.25) is 4.79 Å². The lowest BCUT2D eigenvalue weighted by Crippen LogP contribution is -2.24. The van der Waals surface area contributed by atoms with Crippen LogP contribution in [0.5, 0.6) is 0 Å². The standard InChI is InChI=1S/C10H16N4O2/c11-8-9(13-5-14-10(8)16)12-4-6-2-1-3-7(6)15/h5-7,15H,1-4,11H2,(H2,12,13,14,16). The van der Waals surface area contributed by atoms with Crippen LogP contribution in [-0.2, 0) is 0 Å². The number of aromatic nitrogens is 2. The minimum absolute atomic E-state index is 0.0926. The van der Waals surface area contributed by atoms with Crippen LogP contribution in [0.25, 0.3) is 0 Å². The first-order chi connectivity index (χ1) is 7.68. The number of nitrogen functional groups attached to an aromatic ring is 1. The summed E-state index contributed by atoms with van der Waals surface area (Å²) in [6.07, 6.45) is 3.95. The fraction of sp³-hybridized carbons (Fsp3) is 0.600. The molecular formula is C10H16N4O2. The lowest BCUT2D eigenvalue weighted by Gasteiger charge is -2.15. The Morgan fingerprint density at radius 3 is 3.12 bits per heavy atom. The summed E-state index contributed by atoms with van der Waals surface area (Å²) >= 11 is 0. The van der Waals surface area contributed by atoms with Crippen molar-refractivity contribution in [2.75, 3.05) is 17.6 Å². The number of aliphatic hydroxyl groups excluding tert-OH is 1. The fourth-order valence-electron chi connectivity index (χ4n) is 2.03. The lowest BCUT2D eigenvalue weighted by molar-refractivity contribution is 0.138. The monoisotopic (exact) mass is 224 g/mol. The molecule has 0 bridgehead atoms. The molecule has 16 heavy (non-hydrogen) atoms. The van der Waals surface area contributed by atoms with Crippen molar-refractivity contribution in [2.24, 2.45) is 5.92 Å². The molecule has 0 amide bonds. The summed E-state index contributed by atoms with van der Waals surface area (Å²) in [7, 11) is 0. The van der Waals surface area contributed by atoms with Crippen molar-refractivity contribution in [3.05, 3.63) is 16.7 Å². The van der Waals surface area contributed by atoms with Gasteiger partial charge < -0.3 is 21.1 Å². The van der Waals surface area contributed by atoms with E-state index in [9.17, 15) is 9.90 Å². The molecule has 0 radical (unpaired) electrons. The van der Waals surface area contributed by atoms with E-state index in [-0.39, 0.29) is 23.3 Å². The second kappa shape index (κ2) is 4.52. The van der Waals surface area contributed by atoms with Crippen LogP contribution in [0, 0.1) is 5.92 Å². The van der Waals surface area contributed by atoms with Gasteiger partial charge in [-0.15, -0.1) is 0 Å². The zero-order valence-corrected chi connectivity index (χ0v) is 8.94. The number of nitrogens with two attached hydrogens (primary N) is 1. The number of aromatic amines is 1. The van der Waals surface area contributed by atoms with Gasteiger partial charge in [0.15, 0.2) is 5.82 Å².